The van der Waals surface area contributed by atoms with Gasteiger partial charge in [-0.15, -0.1) is 10.2 Å². The number of hydrogen-bond donors (Lipinski definition) is 0. The number of hydrogen-bond acceptors (Lipinski definition) is 6. The van der Waals surface area contributed by atoms with E-state index in [0.717, 1.165) is 39.3 Å². The van der Waals surface area contributed by atoms with Gasteiger partial charge in [-0.05, 0) is 48.4 Å². The normalized spacial score (nSPS) is 10.8. The van der Waals surface area contributed by atoms with Crippen molar-refractivity contribution in [1.82, 2.24) is 0 Å². The summed E-state index contributed by atoms with van der Waals surface area (Å²) in [5.41, 5.74) is 7.94. The molecule has 0 aliphatic carbocycles. The van der Waals surface area contributed by atoms with Crippen LogP contribution in [0, 0.1) is 10.2 Å². The van der Waals surface area contributed by atoms with Gasteiger partial charge in [0.05, 0.1) is 12.2 Å². The Balaban J connectivity index is 0.000000681. The van der Waals surface area contributed by atoms with Crippen LogP contribution in [0.1, 0.15) is 17.3 Å². The Morgan fingerprint density at radius 1 is 0.625 bits per heavy atom. The SMILES string of the molecule is CCOC(=O)c1cccc(-[n+]2c(-c3ccccc3)cc(-c3ccccc3)cc2-c2ccccc2)c1.[O-][Cl+3]([O-])([O-])[O-]. The zero-order valence-corrected chi connectivity index (χ0v) is 22.4. The van der Waals surface area contributed by atoms with Gasteiger partial charge in [0.15, 0.2) is 0 Å². The lowest BCUT2D eigenvalue weighted by molar-refractivity contribution is -2.00. The molecular weight excluding hydrogens is 530 g/mol. The fourth-order valence-corrected chi connectivity index (χ4v) is 4.30. The summed E-state index contributed by atoms with van der Waals surface area (Å²) >= 11 is 0. The highest BCUT2D eigenvalue weighted by Crippen LogP contribution is 2.30. The van der Waals surface area contributed by atoms with Gasteiger partial charge < -0.3 is 4.74 Å². The Kier molecular flexibility index (Phi) is 9.39. The number of rotatable bonds is 6. The van der Waals surface area contributed by atoms with Crippen molar-refractivity contribution in [2.24, 2.45) is 0 Å². The van der Waals surface area contributed by atoms with E-state index in [1.54, 1.807) is 6.07 Å². The quantitative estimate of drug-likeness (QED) is 0.234. The summed E-state index contributed by atoms with van der Waals surface area (Å²) in [6.45, 7) is 2.16. The van der Waals surface area contributed by atoms with E-state index in [1.807, 2.05) is 67.6 Å². The number of halogens is 1. The van der Waals surface area contributed by atoms with E-state index in [-0.39, 0.29) is 5.97 Å². The summed E-state index contributed by atoms with van der Waals surface area (Å²) in [4.78, 5) is 12.5. The molecule has 0 N–H and O–H groups in total. The van der Waals surface area contributed by atoms with Crippen LogP contribution < -0.4 is 23.2 Å². The lowest BCUT2D eigenvalue weighted by Gasteiger charge is -2.17. The number of esters is 1. The van der Waals surface area contributed by atoms with Crippen LogP contribution in [-0.2, 0) is 4.74 Å². The Labute approximate surface area is 234 Å². The van der Waals surface area contributed by atoms with Crippen LogP contribution in [0.25, 0.3) is 39.3 Å². The van der Waals surface area contributed by atoms with Crippen LogP contribution in [0.5, 0.6) is 0 Å². The monoisotopic (exact) mass is 555 g/mol. The third-order valence-corrected chi connectivity index (χ3v) is 5.93. The van der Waals surface area contributed by atoms with Crippen molar-refractivity contribution in [3.63, 3.8) is 0 Å². The van der Waals surface area contributed by atoms with Gasteiger partial charge in [0.25, 0.3) is 0 Å². The highest BCUT2D eigenvalue weighted by atomic mass is 35.7. The third-order valence-electron chi connectivity index (χ3n) is 5.93. The first-order chi connectivity index (χ1) is 19.2. The summed E-state index contributed by atoms with van der Waals surface area (Å²) in [5, 5.41) is 0. The zero-order chi connectivity index (χ0) is 28.5. The molecule has 8 heteroatoms. The van der Waals surface area contributed by atoms with Gasteiger partial charge in [0.2, 0.25) is 17.1 Å². The lowest BCUT2D eigenvalue weighted by atomic mass is 9.98. The van der Waals surface area contributed by atoms with Crippen molar-refractivity contribution in [1.29, 1.82) is 0 Å². The molecule has 5 aromatic rings. The van der Waals surface area contributed by atoms with Crippen molar-refractivity contribution < 1.29 is 43.0 Å². The number of aromatic nitrogens is 1. The summed E-state index contributed by atoms with van der Waals surface area (Å²) in [6, 6.07) is 43.2. The highest BCUT2D eigenvalue weighted by molar-refractivity contribution is 5.90. The van der Waals surface area contributed by atoms with Gasteiger partial charge in [-0.25, -0.2) is 23.4 Å². The van der Waals surface area contributed by atoms with Gasteiger partial charge >= 0.3 is 5.97 Å². The number of carbonyl (C=O) groups is 1. The molecule has 0 aliphatic rings. The van der Waals surface area contributed by atoms with Crippen molar-refractivity contribution in [3.05, 3.63) is 133 Å². The number of nitrogens with zero attached hydrogens (tertiary/aromatic N) is 1. The Morgan fingerprint density at radius 3 is 1.52 bits per heavy atom. The molecule has 202 valence electrons. The average molecular weight is 556 g/mol. The second-order valence-corrected chi connectivity index (χ2v) is 9.35. The van der Waals surface area contributed by atoms with Crippen molar-refractivity contribution in [2.45, 2.75) is 6.92 Å². The van der Waals surface area contributed by atoms with Gasteiger partial charge in [-0.2, -0.15) is 4.57 Å². The fourth-order valence-electron chi connectivity index (χ4n) is 4.30. The molecule has 0 fully saturated rings. The number of carbonyl (C=O) groups excluding carboxylic acids is 1. The Morgan fingerprint density at radius 2 is 1.07 bits per heavy atom. The van der Waals surface area contributed by atoms with E-state index in [1.165, 1.54) is 0 Å². The van der Waals surface area contributed by atoms with E-state index < -0.39 is 10.2 Å². The van der Waals surface area contributed by atoms with Gasteiger partial charge in [-0.1, -0.05) is 72.8 Å². The summed E-state index contributed by atoms with van der Waals surface area (Å²) in [5.74, 6) is -0.321. The molecule has 0 saturated heterocycles. The van der Waals surface area contributed by atoms with Crippen molar-refractivity contribution in [3.8, 4) is 39.3 Å². The van der Waals surface area contributed by atoms with E-state index in [0.29, 0.717) is 12.2 Å². The first-order valence-electron chi connectivity index (χ1n) is 12.4. The molecule has 7 nitrogen and oxygen atoms in total. The molecule has 1 heterocycles. The number of benzene rings is 4. The molecule has 0 unspecified atom stereocenters. The number of pyridine rings is 1. The third kappa shape index (κ3) is 7.60. The predicted octanol–water partition coefficient (Wildman–Crippen LogP) is 2.39. The Hall–Kier alpha value is -4.37. The maximum atomic E-state index is 12.5. The van der Waals surface area contributed by atoms with E-state index >= 15 is 0 Å². The summed E-state index contributed by atoms with van der Waals surface area (Å²) in [6.07, 6.45) is 0. The zero-order valence-electron chi connectivity index (χ0n) is 21.6. The molecule has 40 heavy (non-hydrogen) atoms. The lowest BCUT2D eigenvalue weighted by Crippen LogP contribution is -2.68. The van der Waals surface area contributed by atoms with Crippen LogP contribution in [0.4, 0.5) is 0 Å². The number of ether oxygens (including phenoxy) is 1. The summed E-state index contributed by atoms with van der Waals surface area (Å²) in [7, 11) is -4.94. The second-order valence-electron chi connectivity index (χ2n) is 8.60. The molecule has 0 radical (unpaired) electrons. The molecule has 0 amide bonds. The molecule has 0 aliphatic heterocycles. The standard InChI is InChI=1S/C32H26NO2.ClHO4/c1-2-35-32(34)27-19-12-20-29(21-27)33-30(25-15-8-4-9-16-25)22-28(24-13-6-3-7-14-24)23-31(33)26-17-10-5-11-18-26;2-1(3,4)5/h3-23H,2H2,1H3;(H,2,3,4,5)/q+1;/p-1. The molecule has 0 atom stereocenters. The average Bonchev–Trinajstić information content (AvgIpc) is 2.97. The van der Waals surface area contributed by atoms with Gasteiger partial charge in [-0.3, -0.25) is 0 Å². The molecule has 0 bridgehead atoms. The van der Waals surface area contributed by atoms with Gasteiger partial charge in [0.1, 0.15) is 0 Å². The minimum absolute atomic E-state index is 0.321. The van der Waals surface area contributed by atoms with Crippen LogP contribution in [0.3, 0.4) is 0 Å². The van der Waals surface area contributed by atoms with Crippen LogP contribution in [-0.4, -0.2) is 12.6 Å². The largest absolute Gasteiger partial charge is 0.462 e. The van der Waals surface area contributed by atoms with Crippen LogP contribution in [0.2, 0.25) is 0 Å². The van der Waals surface area contributed by atoms with Crippen molar-refractivity contribution in [2.75, 3.05) is 6.61 Å². The van der Waals surface area contributed by atoms with Gasteiger partial charge in [0, 0.05) is 35.4 Å². The maximum Gasteiger partial charge on any atom is 0.338 e. The molecular formula is C32H26ClNO6. The Bertz CT molecular complexity index is 1490. The highest BCUT2D eigenvalue weighted by Gasteiger charge is 2.25. The van der Waals surface area contributed by atoms with Crippen LogP contribution >= 0.6 is 0 Å². The van der Waals surface area contributed by atoms with Crippen molar-refractivity contribution >= 4 is 5.97 Å². The minimum atomic E-state index is -4.94. The first-order valence-corrected chi connectivity index (χ1v) is 13.6. The summed E-state index contributed by atoms with van der Waals surface area (Å²) < 4.78 is 41.5. The fraction of sp³-hybridized carbons (Fsp3) is 0.0625. The van der Waals surface area contributed by atoms with E-state index in [4.69, 9.17) is 23.4 Å². The minimum Gasteiger partial charge on any atom is -0.462 e. The van der Waals surface area contributed by atoms with E-state index in [2.05, 4.69) is 65.2 Å². The molecule has 4 aromatic carbocycles. The molecule has 0 saturated carbocycles. The maximum absolute atomic E-state index is 12.5. The topological polar surface area (TPSA) is 122 Å². The van der Waals surface area contributed by atoms with E-state index in [9.17, 15) is 4.79 Å². The second kappa shape index (κ2) is 13.1. The molecule has 0 spiro atoms. The smallest absolute Gasteiger partial charge is 0.338 e. The predicted molar refractivity (Wildman–Crippen MR) is 140 cm³/mol. The first kappa shape index (κ1) is 28.6. The molecule has 1 aromatic heterocycles. The molecule has 5 rings (SSSR count). The van der Waals surface area contributed by atoms with Crippen LogP contribution in [0.15, 0.2) is 127 Å².